The number of nitrogens with zero attached hydrogens (tertiary/aromatic N) is 6. The van der Waals surface area contributed by atoms with Crippen LogP contribution in [0.2, 0.25) is 0 Å². The molecule has 0 saturated heterocycles. The Morgan fingerprint density at radius 3 is 2.62 bits per heavy atom. The molecule has 0 unspecified atom stereocenters. The van der Waals surface area contributed by atoms with Crippen molar-refractivity contribution in [1.29, 1.82) is 0 Å². The van der Waals surface area contributed by atoms with E-state index in [9.17, 15) is 13.2 Å². The minimum Gasteiger partial charge on any atom is -0.368 e. The number of fused-ring (bicyclic) bond motifs is 1. The number of imidazole rings is 1. The standard InChI is InChI=1S/C20H22F3N9/c1-10(2)6-13(14-9-25-17(27-14)20(21,22)23)28-19-30-16(29-18(24)31-19)11-4-5-12-8-26-32(3)15(12)7-11/h4-5,7-10,13H,6H2,1-3H3,(H,25,27)(H3,24,28,29,30,31)/t13-/m0/s1. The van der Waals surface area contributed by atoms with E-state index >= 15 is 0 Å². The summed E-state index contributed by atoms with van der Waals surface area (Å²) in [6, 6.07) is 5.10. The summed E-state index contributed by atoms with van der Waals surface area (Å²) in [6.07, 6.45) is -1.12. The van der Waals surface area contributed by atoms with E-state index in [2.05, 4.69) is 35.3 Å². The van der Waals surface area contributed by atoms with Crippen LogP contribution in [0.15, 0.2) is 30.6 Å². The van der Waals surface area contributed by atoms with Crippen LogP contribution in [0.4, 0.5) is 25.1 Å². The molecule has 0 aliphatic carbocycles. The van der Waals surface area contributed by atoms with E-state index in [1.165, 1.54) is 6.20 Å². The minimum atomic E-state index is -4.56. The molecule has 1 atom stereocenters. The molecule has 0 saturated carbocycles. The van der Waals surface area contributed by atoms with Crippen molar-refractivity contribution in [3.05, 3.63) is 42.1 Å². The van der Waals surface area contributed by atoms with Gasteiger partial charge in [0.15, 0.2) is 5.82 Å². The number of H-pyrrole nitrogens is 1. The van der Waals surface area contributed by atoms with Gasteiger partial charge in [-0.25, -0.2) is 4.98 Å². The molecule has 4 rings (SSSR count). The molecular formula is C20H22F3N9. The Hall–Kier alpha value is -3.70. The van der Waals surface area contributed by atoms with Crippen molar-refractivity contribution in [2.45, 2.75) is 32.5 Å². The zero-order valence-corrected chi connectivity index (χ0v) is 17.6. The zero-order chi connectivity index (χ0) is 23.0. The number of nitrogens with two attached hydrogens (primary N) is 1. The van der Waals surface area contributed by atoms with Gasteiger partial charge in [0.2, 0.25) is 17.7 Å². The average Bonchev–Trinajstić information content (AvgIpc) is 3.34. The van der Waals surface area contributed by atoms with Crippen LogP contribution in [0.5, 0.6) is 0 Å². The molecule has 0 radical (unpaired) electrons. The molecule has 4 N–H and O–H groups in total. The summed E-state index contributed by atoms with van der Waals surface area (Å²) in [5.74, 6) is -0.385. The third-order valence-corrected chi connectivity index (χ3v) is 4.91. The van der Waals surface area contributed by atoms with Crippen LogP contribution >= 0.6 is 0 Å². The SMILES string of the molecule is CC(C)C[C@H](Nc1nc(N)nc(-c2ccc3cnn(C)c3c2)n1)c1cnc(C(F)(F)F)[nH]1. The van der Waals surface area contributed by atoms with Crippen molar-refractivity contribution in [1.82, 2.24) is 34.7 Å². The highest BCUT2D eigenvalue weighted by atomic mass is 19.4. The van der Waals surface area contributed by atoms with Gasteiger partial charge in [-0.15, -0.1) is 0 Å². The lowest BCUT2D eigenvalue weighted by Crippen LogP contribution is -2.17. The normalized spacial score (nSPS) is 13.1. The average molecular weight is 445 g/mol. The van der Waals surface area contributed by atoms with Crippen molar-refractivity contribution < 1.29 is 13.2 Å². The molecule has 0 aliphatic heterocycles. The molecular weight excluding hydrogens is 423 g/mol. The van der Waals surface area contributed by atoms with Crippen molar-refractivity contribution >= 4 is 22.8 Å². The first-order chi connectivity index (χ1) is 15.1. The Labute approximate surface area is 181 Å². The Balaban J connectivity index is 1.67. The number of hydrogen-bond donors (Lipinski definition) is 3. The first-order valence-corrected chi connectivity index (χ1v) is 9.92. The number of anilines is 2. The number of alkyl halides is 3. The van der Waals surface area contributed by atoms with Gasteiger partial charge in [0.1, 0.15) is 0 Å². The van der Waals surface area contributed by atoms with Crippen molar-refractivity contribution in [2.24, 2.45) is 13.0 Å². The summed E-state index contributed by atoms with van der Waals surface area (Å²) in [6.45, 7) is 3.93. The van der Waals surface area contributed by atoms with Crippen molar-refractivity contribution in [3.8, 4) is 11.4 Å². The van der Waals surface area contributed by atoms with Crippen molar-refractivity contribution in [2.75, 3.05) is 11.1 Å². The first kappa shape index (κ1) is 21.5. The molecule has 3 heterocycles. The highest BCUT2D eigenvalue weighted by Crippen LogP contribution is 2.30. The fourth-order valence-electron chi connectivity index (χ4n) is 3.42. The van der Waals surface area contributed by atoms with Crippen LogP contribution in [0, 0.1) is 5.92 Å². The highest BCUT2D eigenvalue weighted by molar-refractivity contribution is 5.83. The molecule has 9 nitrogen and oxygen atoms in total. The maximum Gasteiger partial charge on any atom is 0.449 e. The largest absolute Gasteiger partial charge is 0.449 e. The van der Waals surface area contributed by atoms with Crippen LogP contribution < -0.4 is 11.1 Å². The Bertz CT molecular complexity index is 1240. The van der Waals surface area contributed by atoms with Gasteiger partial charge in [-0.05, 0) is 18.4 Å². The monoisotopic (exact) mass is 445 g/mol. The predicted octanol–water partition coefficient (Wildman–Crippen LogP) is 3.95. The Morgan fingerprint density at radius 2 is 1.94 bits per heavy atom. The lowest BCUT2D eigenvalue weighted by molar-refractivity contribution is -0.144. The number of halogens is 3. The highest BCUT2D eigenvalue weighted by Gasteiger charge is 2.35. The molecule has 0 spiro atoms. The second-order valence-corrected chi connectivity index (χ2v) is 7.89. The Morgan fingerprint density at radius 1 is 1.16 bits per heavy atom. The van der Waals surface area contributed by atoms with Gasteiger partial charge >= 0.3 is 6.18 Å². The number of hydrogen-bond acceptors (Lipinski definition) is 7. The smallest absolute Gasteiger partial charge is 0.368 e. The lowest BCUT2D eigenvalue weighted by atomic mass is 10.0. The molecule has 0 amide bonds. The lowest BCUT2D eigenvalue weighted by Gasteiger charge is -2.19. The van der Waals surface area contributed by atoms with E-state index in [1.807, 2.05) is 39.1 Å². The van der Waals surface area contributed by atoms with E-state index < -0.39 is 18.0 Å². The number of aryl methyl sites for hydroxylation is 1. The fourth-order valence-corrected chi connectivity index (χ4v) is 3.42. The van der Waals surface area contributed by atoms with Crippen LogP contribution in [0.25, 0.3) is 22.3 Å². The maximum atomic E-state index is 13.0. The number of benzene rings is 1. The number of rotatable bonds is 6. The second-order valence-electron chi connectivity index (χ2n) is 7.89. The molecule has 0 bridgehead atoms. The number of nitrogen functional groups attached to an aromatic ring is 1. The predicted molar refractivity (Wildman–Crippen MR) is 113 cm³/mol. The number of aromatic nitrogens is 7. The summed E-state index contributed by atoms with van der Waals surface area (Å²) in [4.78, 5) is 18.6. The summed E-state index contributed by atoms with van der Waals surface area (Å²) in [5.41, 5.74) is 7.79. The summed E-state index contributed by atoms with van der Waals surface area (Å²) >= 11 is 0. The van der Waals surface area contributed by atoms with Gasteiger partial charge in [-0.2, -0.15) is 33.2 Å². The van der Waals surface area contributed by atoms with Crippen LogP contribution in [-0.4, -0.2) is 34.7 Å². The molecule has 32 heavy (non-hydrogen) atoms. The minimum absolute atomic E-state index is 0.00788. The molecule has 0 aliphatic rings. The van der Waals surface area contributed by atoms with Crippen LogP contribution in [-0.2, 0) is 13.2 Å². The molecule has 4 aromatic rings. The number of nitrogens with one attached hydrogen (secondary N) is 2. The van der Waals surface area contributed by atoms with Gasteiger partial charge in [-0.3, -0.25) is 4.68 Å². The molecule has 0 fully saturated rings. The third kappa shape index (κ3) is 4.48. The quantitative estimate of drug-likeness (QED) is 0.411. The van der Waals surface area contributed by atoms with Crippen LogP contribution in [0.3, 0.4) is 0 Å². The van der Waals surface area contributed by atoms with E-state index in [0.717, 1.165) is 10.9 Å². The van der Waals surface area contributed by atoms with Gasteiger partial charge in [0, 0.05) is 18.0 Å². The van der Waals surface area contributed by atoms with Crippen molar-refractivity contribution in [3.63, 3.8) is 0 Å². The Kier molecular flexibility index (Phi) is 5.45. The van der Waals surface area contributed by atoms with Gasteiger partial charge in [-0.1, -0.05) is 26.0 Å². The van der Waals surface area contributed by atoms with E-state index in [1.54, 1.807) is 10.9 Å². The number of aromatic amines is 1. The van der Waals surface area contributed by atoms with E-state index in [-0.39, 0.29) is 23.5 Å². The van der Waals surface area contributed by atoms with Gasteiger partial charge in [0.05, 0.1) is 29.6 Å². The van der Waals surface area contributed by atoms with Gasteiger partial charge in [0.25, 0.3) is 0 Å². The molecule has 168 valence electrons. The first-order valence-electron chi connectivity index (χ1n) is 9.92. The van der Waals surface area contributed by atoms with Crippen LogP contribution in [0.1, 0.15) is 37.8 Å². The topological polar surface area (TPSA) is 123 Å². The van der Waals surface area contributed by atoms with E-state index in [4.69, 9.17) is 5.73 Å². The van der Waals surface area contributed by atoms with E-state index in [0.29, 0.717) is 17.8 Å². The molecule has 12 heteroatoms. The summed E-state index contributed by atoms with van der Waals surface area (Å²) in [5, 5.41) is 8.28. The molecule has 3 aromatic heterocycles. The fraction of sp³-hybridized carbons (Fsp3) is 0.350. The maximum absolute atomic E-state index is 13.0. The molecule has 1 aromatic carbocycles. The summed E-state index contributed by atoms with van der Waals surface area (Å²) < 4.78 is 40.7. The third-order valence-electron chi connectivity index (χ3n) is 4.91. The zero-order valence-electron chi connectivity index (χ0n) is 17.6. The van der Waals surface area contributed by atoms with Gasteiger partial charge < -0.3 is 16.0 Å². The second kappa shape index (κ2) is 8.09. The summed E-state index contributed by atoms with van der Waals surface area (Å²) in [7, 11) is 1.83.